The number of hydrogen-bond acceptors (Lipinski definition) is 5. The van der Waals surface area contributed by atoms with Crippen molar-refractivity contribution >= 4 is 5.91 Å². The summed E-state index contributed by atoms with van der Waals surface area (Å²) in [6.07, 6.45) is 1.70. The van der Waals surface area contributed by atoms with E-state index in [0.29, 0.717) is 13.1 Å². The Morgan fingerprint density at radius 2 is 1.91 bits per heavy atom. The summed E-state index contributed by atoms with van der Waals surface area (Å²) in [5, 5.41) is 0. The Labute approximate surface area is 133 Å². The third-order valence-electron chi connectivity index (χ3n) is 3.66. The van der Waals surface area contributed by atoms with E-state index in [1.165, 1.54) is 26.4 Å². The molecule has 2 N–H and O–H groups in total. The van der Waals surface area contributed by atoms with Gasteiger partial charge in [-0.05, 0) is 25.0 Å². The number of rotatable bonds is 5. The van der Waals surface area contributed by atoms with Crippen molar-refractivity contribution in [3.63, 3.8) is 0 Å². The van der Waals surface area contributed by atoms with Gasteiger partial charge in [-0.25, -0.2) is 0 Å². The Hall–Kier alpha value is -2.09. The lowest BCUT2D eigenvalue weighted by Gasteiger charge is -2.31. The highest BCUT2D eigenvalue weighted by molar-refractivity contribution is 5.95. The van der Waals surface area contributed by atoms with Gasteiger partial charge in [0.05, 0.1) is 14.2 Å². The number of amides is 1. The number of nitrogens with two attached hydrogens (primary N) is 1. The maximum absolute atomic E-state index is 12.6. The van der Waals surface area contributed by atoms with Crippen LogP contribution in [0.1, 0.15) is 23.2 Å². The largest absolute Gasteiger partial charge is 0.493 e. The minimum Gasteiger partial charge on any atom is -0.493 e. The number of carbonyl (C=O) groups excluding carboxylic acids is 1. The van der Waals surface area contributed by atoms with Crippen LogP contribution in [0.25, 0.3) is 0 Å². The predicted molar refractivity (Wildman–Crippen MR) is 79.3 cm³/mol. The maximum atomic E-state index is 12.6. The number of nitrogens with zero attached hydrogens (tertiary/aromatic N) is 1. The molecule has 128 valence electrons. The van der Waals surface area contributed by atoms with Crippen LogP contribution in [0, 0.1) is 0 Å². The number of likely N-dealkylation sites (tertiary alicyclic amines) is 1. The number of alkyl halides is 2. The fraction of sp³-hybridized carbons (Fsp3) is 0.533. The van der Waals surface area contributed by atoms with Gasteiger partial charge in [-0.2, -0.15) is 8.78 Å². The van der Waals surface area contributed by atoms with E-state index in [4.69, 9.17) is 15.2 Å². The van der Waals surface area contributed by atoms with Crippen LogP contribution in [-0.2, 0) is 0 Å². The molecular formula is C15H20F2N2O4. The lowest BCUT2D eigenvalue weighted by atomic mass is 10.0. The second kappa shape index (κ2) is 7.45. The average Bonchev–Trinajstić information content (AvgIpc) is 2.53. The zero-order valence-corrected chi connectivity index (χ0v) is 13.1. The molecule has 1 unspecified atom stereocenters. The van der Waals surface area contributed by atoms with E-state index in [2.05, 4.69) is 4.74 Å². The molecule has 0 aliphatic carbocycles. The summed E-state index contributed by atoms with van der Waals surface area (Å²) < 4.78 is 39.6. The highest BCUT2D eigenvalue weighted by Crippen LogP contribution is 2.39. The summed E-state index contributed by atoms with van der Waals surface area (Å²) in [7, 11) is 2.61. The molecule has 1 saturated heterocycles. The van der Waals surface area contributed by atoms with E-state index in [9.17, 15) is 13.6 Å². The highest BCUT2D eigenvalue weighted by atomic mass is 19.3. The van der Waals surface area contributed by atoms with Crippen molar-refractivity contribution in [1.29, 1.82) is 0 Å². The van der Waals surface area contributed by atoms with Crippen LogP contribution in [0.15, 0.2) is 12.1 Å². The minimum atomic E-state index is -3.03. The van der Waals surface area contributed by atoms with Gasteiger partial charge in [-0.3, -0.25) is 4.79 Å². The van der Waals surface area contributed by atoms with Crippen LogP contribution in [0.4, 0.5) is 8.78 Å². The predicted octanol–water partition coefficient (Wildman–Crippen LogP) is 1.87. The van der Waals surface area contributed by atoms with Gasteiger partial charge >= 0.3 is 6.61 Å². The molecule has 1 aliphatic heterocycles. The number of hydrogen-bond donors (Lipinski definition) is 1. The quantitative estimate of drug-likeness (QED) is 0.892. The van der Waals surface area contributed by atoms with Crippen molar-refractivity contribution in [2.24, 2.45) is 5.73 Å². The second-order valence-electron chi connectivity index (χ2n) is 5.24. The molecule has 1 heterocycles. The Bertz CT molecular complexity index is 543. The monoisotopic (exact) mass is 330 g/mol. The lowest BCUT2D eigenvalue weighted by molar-refractivity contribution is -0.0526. The first-order chi connectivity index (χ1) is 11.0. The van der Waals surface area contributed by atoms with Gasteiger partial charge in [0.2, 0.25) is 5.75 Å². The molecule has 1 aromatic carbocycles. The molecule has 1 aliphatic rings. The SMILES string of the molecule is COc1cc(C(=O)N2CCCC(N)C2)cc(OC)c1OC(F)F. The molecule has 1 amide bonds. The first-order valence-electron chi connectivity index (χ1n) is 7.22. The molecule has 0 saturated carbocycles. The molecule has 0 bridgehead atoms. The molecule has 1 fully saturated rings. The zero-order valence-electron chi connectivity index (χ0n) is 13.1. The van der Waals surface area contributed by atoms with Gasteiger partial charge in [0.25, 0.3) is 5.91 Å². The van der Waals surface area contributed by atoms with Crippen LogP contribution in [0.2, 0.25) is 0 Å². The summed E-state index contributed by atoms with van der Waals surface area (Å²) in [6.45, 7) is -1.97. The van der Waals surface area contributed by atoms with E-state index in [1.807, 2.05) is 0 Å². The van der Waals surface area contributed by atoms with E-state index in [0.717, 1.165) is 12.8 Å². The molecular weight excluding hydrogens is 310 g/mol. The summed E-state index contributed by atoms with van der Waals surface area (Å²) >= 11 is 0. The number of benzene rings is 1. The van der Waals surface area contributed by atoms with Crippen molar-refractivity contribution < 1.29 is 27.8 Å². The van der Waals surface area contributed by atoms with Crippen LogP contribution in [0.5, 0.6) is 17.2 Å². The number of halogens is 2. The smallest absolute Gasteiger partial charge is 0.387 e. The second-order valence-corrected chi connectivity index (χ2v) is 5.24. The third-order valence-corrected chi connectivity index (χ3v) is 3.66. The molecule has 2 rings (SSSR count). The molecule has 6 nitrogen and oxygen atoms in total. The summed E-state index contributed by atoms with van der Waals surface area (Å²) in [5.74, 6) is -0.471. The van der Waals surface area contributed by atoms with Crippen LogP contribution in [0.3, 0.4) is 0 Å². The lowest BCUT2D eigenvalue weighted by Crippen LogP contribution is -2.45. The van der Waals surface area contributed by atoms with E-state index < -0.39 is 6.61 Å². The van der Waals surface area contributed by atoms with Crippen molar-refractivity contribution in [2.75, 3.05) is 27.3 Å². The Morgan fingerprint density at radius 1 is 1.30 bits per heavy atom. The number of ether oxygens (including phenoxy) is 3. The molecule has 0 radical (unpaired) electrons. The normalized spacial score (nSPS) is 18.0. The van der Waals surface area contributed by atoms with E-state index >= 15 is 0 Å². The number of methoxy groups -OCH3 is 2. The fourth-order valence-corrected chi connectivity index (χ4v) is 2.59. The van der Waals surface area contributed by atoms with Gasteiger partial charge in [-0.1, -0.05) is 0 Å². The fourth-order valence-electron chi connectivity index (χ4n) is 2.59. The van der Waals surface area contributed by atoms with Crippen LogP contribution in [-0.4, -0.2) is 50.8 Å². The van der Waals surface area contributed by atoms with Gasteiger partial charge in [0, 0.05) is 24.7 Å². The van der Waals surface area contributed by atoms with Crippen molar-refractivity contribution in [3.05, 3.63) is 17.7 Å². The molecule has 23 heavy (non-hydrogen) atoms. The average molecular weight is 330 g/mol. The Kier molecular flexibility index (Phi) is 5.59. The van der Waals surface area contributed by atoms with E-state index in [1.54, 1.807) is 4.90 Å². The molecule has 0 spiro atoms. The number of piperidine rings is 1. The Morgan fingerprint density at radius 3 is 2.39 bits per heavy atom. The van der Waals surface area contributed by atoms with Gasteiger partial charge in [-0.15, -0.1) is 0 Å². The molecule has 8 heteroatoms. The maximum Gasteiger partial charge on any atom is 0.387 e. The summed E-state index contributed by atoms with van der Waals surface area (Å²) in [5.41, 5.74) is 6.16. The topological polar surface area (TPSA) is 74.0 Å². The van der Waals surface area contributed by atoms with Crippen molar-refractivity contribution in [2.45, 2.75) is 25.5 Å². The van der Waals surface area contributed by atoms with Gasteiger partial charge in [0.15, 0.2) is 11.5 Å². The van der Waals surface area contributed by atoms with E-state index in [-0.39, 0.29) is 34.8 Å². The molecule has 0 aromatic heterocycles. The Balaban J connectivity index is 2.33. The van der Waals surface area contributed by atoms with Crippen LogP contribution >= 0.6 is 0 Å². The van der Waals surface area contributed by atoms with Crippen LogP contribution < -0.4 is 19.9 Å². The zero-order chi connectivity index (χ0) is 17.0. The first-order valence-corrected chi connectivity index (χ1v) is 7.22. The van der Waals surface area contributed by atoms with Gasteiger partial charge in [0.1, 0.15) is 0 Å². The van der Waals surface area contributed by atoms with Crippen molar-refractivity contribution in [1.82, 2.24) is 4.90 Å². The minimum absolute atomic E-state index is 0.00862. The first kappa shape index (κ1) is 17.3. The molecule has 1 aromatic rings. The van der Waals surface area contributed by atoms with Crippen molar-refractivity contribution in [3.8, 4) is 17.2 Å². The summed E-state index contributed by atoms with van der Waals surface area (Å²) in [4.78, 5) is 14.2. The highest BCUT2D eigenvalue weighted by Gasteiger charge is 2.25. The summed E-state index contributed by atoms with van der Waals surface area (Å²) in [6, 6.07) is 2.67. The number of carbonyl (C=O) groups is 1. The standard InChI is InChI=1S/C15H20F2N2O4/c1-21-11-6-9(7-12(22-2)13(11)23-15(16)17)14(20)19-5-3-4-10(18)8-19/h6-7,10,15H,3-5,8,18H2,1-2H3. The third kappa shape index (κ3) is 4.01. The van der Waals surface area contributed by atoms with Gasteiger partial charge < -0.3 is 24.8 Å². The molecule has 1 atom stereocenters.